The summed E-state index contributed by atoms with van der Waals surface area (Å²) >= 11 is 0. The number of rotatable bonds is 3. The van der Waals surface area contributed by atoms with E-state index in [1.807, 2.05) is 0 Å². The number of nitrogens with zero attached hydrogens (tertiary/aromatic N) is 2. The third-order valence-electron chi connectivity index (χ3n) is 6.05. The van der Waals surface area contributed by atoms with Gasteiger partial charge in [-0.05, 0) is 19.8 Å². The Morgan fingerprint density at radius 3 is 2.50 bits per heavy atom. The summed E-state index contributed by atoms with van der Waals surface area (Å²) in [5.74, 6) is -6.15. The Bertz CT molecular complexity index is 1160. The van der Waals surface area contributed by atoms with Crippen molar-refractivity contribution in [2.75, 3.05) is 6.54 Å². The first-order valence-corrected chi connectivity index (χ1v) is 9.99. The molecule has 0 aliphatic carbocycles. The molecule has 1 aromatic carbocycles. The van der Waals surface area contributed by atoms with Crippen LogP contribution in [0.4, 0.5) is 13.2 Å². The lowest BCUT2D eigenvalue weighted by molar-refractivity contribution is 0.0503. The summed E-state index contributed by atoms with van der Waals surface area (Å²) in [4.78, 5) is 39.6. The van der Waals surface area contributed by atoms with E-state index in [9.17, 15) is 37.8 Å². The molecular formula is C21H20F3N3O5. The predicted molar refractivity (Wildman–Crippen MR) is 105 cm³/mol. The summed E-state index contributed by atoms with van der Waals surface area (Å²) in [6.07, 6.45) is 1.05. The van der Waals surface area contributed by atoms with Crippen molar-refractivity contribution in [1.29, 1.82) is 0 Å². The molecular weight excluding hydrogens is 431 g/mol. The third-order valence-corrected chi connectivity index (χ3v) is 6.05. The Labute approximate surface area is 179 Å². The number of hydrogen-bond donors (Lipinski definition) is 3. The molecule has 170 valence electrons. The lowest BCUT2D eigenvalue weighted by atomic mass is 10.0. The number of halogens is 3. The molecule has 2 aromatic rings. The first-order valence-electron chi connectivity index (χ1n) is 9.99. The van der Waals surface area contributed by atoms with Crippen LogP contribution in [-0.4, -0.2) is 50.2 Å². The number of benzene rings is 1. The van der Waals surface area contributed by atoms with Crippen molar-refractivity contribution < 1.29 is 33.0 Å². The molecule has 1 saturated heterocycles. The molecule has 3 heterocycles. The number of aliphatic hydroxyl groups excluding tert-OH is 1. The highest BCUT2D eigenvalue weighted by Crippen LogP contribution is 2.34. The molecule has 2 unspecified atom stereocenters. The van der Waals surface area contributed by atoms with Gasteiger partial charge in [0.15, 0.2) is 11.4 Å². The highest BCUT2D eigenvalue weighted by Gasteiger charge is 2.42. The fraction of sp³-hybridized carbons (Fsp3) is 0.381. The first-order chi connectivity index (χ1) is 15.1. The van der Waals surface area contributed by atoms with E-state index in [2.05, 4.69) is 5.32 Å². The maximum absolute atomic E-state index is 13.8. The van der Waals surface area contributed by atoms with Crippen molar-refractivity contribution >= 4 is 11.8 Å². The topological polar surface area (TPSA) is 112 Å². The SMILES string of the molecule is CC1CC[C@H](O)C2CN1C(=O)c1c(O)c(=O)c(C(=O)NCc3c(F)cc(F)cc3F)cn12. The average Bonchev–Trinajstić information content (AvgIpc) is 2.85. The molecule has 1 aromatic heterocycles. The van der Waals surface area contributed by atoms with Crippen LogP contribution in [0.15, 0.2) is 23.1 Å². The third kappa shape index (κ3) is 3.52. The van der Waals surface area contributed by atoms with Crippen molar-refractivity contribution in [1.82, 2.24) is 14.8 Å². The number of aromatic hydroxyl groups is 1. The Morgan fingerprint density at radius 1 is 1.19 bits per heavy atom. The van der Waals surface area contributed by atoms with Crippen LogP contribution in [0.25, 0.3) is 0 Å². The molecule has 0 spiro atoms. The minimum absolute atomic E-state index is 0.129. The van der Waals surface area contributed by atoms with Gasteiger partial charge in [-0.25, -0.2) is 13.2 Å². The van der Waals surface area contributed by atoms with Crippen molar-refractivity contribution in [2.24, 2.45) is 0 Å². The summed E-state index contributed by atoms with van der Waals surface area (Å²) in [5.41, 5.74) is -2.64. The van der Waals surface area contributed by atoms with Gasteiger partial charge < -0.3 is 25.0 Å². The minimum Gasteiger partial charge on any atom is -0.503 e. The number of pyridine rings is 1. The Balaban J connectivity index is 1.70. The summed E-state index contributed by atoms with van der Waals surface area (Å²) in [5, 5.41) is 23.2. The highest BCUT2D eigenvalue weighted by molar-refractivity contribution is 5.99. The van der Waals surface area contributed by atoms with E-state index in [1.165, 1.54) is 9.47 Å². The van der Waals surface area contributed by atoms with Crippen molar-refractivity contribution in [2.45, 2.75) is 44.5 Å². The average molecular weight is 451 g/mol. The molecule has 2 bridgehead atoms. The number of aromatic nitrogens is 1. The molecule has 32 heavy (non-hydrogen) atoms. The molecule has 3 atom stereocenters. The molecule has 0 radical (unpaired) electrons. The van der Waals surface area contributed by atoms with Crippen LogP contribution in [0.3, 0.4) is 0 Å². The zero-order valence-electron chi connectivity index (χ0n) is 16.9. The van der Waals surface area contributed by atoms with Gasteiger partial charge in [0, 0.05) is 43.0 Å². The second kappa shape index (κ2) is 7.97. The molecule has 1 fully saturated rings. The molecule has 3 N–H and O–H groups in total. The number of hydrogen-bond acceptors (Lipinski definition) is 5. The van der Waals surface area contributed by atoms with Crippen molar-refractivity contribution in [3.05, 3.63) is 62.8 Å². The quantitative estimate of drug-likeness (QED) is 0.654. The van der Waals surface area contributed by atoms with E-state index >= 15 is 0 Å². The Kier molecular flexibility index (Phi) is 5.45. The van der Waals surface area contributed by atoms with Crippen LogP contribution in [-0.2, 0) is 6.54 Å². The van der Waals surface area contributed by atoms with E-state index < -0.39 is 70.3 Å². The standard InChI is InChI=1S/C21H20F3N3O5/c1-9-2-3-16(28)15-8-26(9)21(32)17-19(30)18(29)12(7-27(15)17)20(31)25-6-11-13(23)4-10(22)5-14(11)24/h4-5,7,9,15-16,28,30H,2-3,6,8H2,1H3,(H,25,31)/t9?,15?,16-/m0/s1. The lowest BCUT2D eigenvalue weighted by Crippen LogP contribution is -2.49. The van der Waals surface area contributed by atoms with Gasteiger partial charge in [-0.2, -0.15) is 0 Å². The number of fused-ring (bicyclic) bond motifs is 4. The van der Waals surface area contributed by atoms with Gasteiger partial charge in [0.25, 0.3) is 11.8 Å². The van der Waals surface area contributed by atoms with Gasteiger partial charge >= 0.3 is 0 Å². The smallest absolute Gasteiger partial charge is 0.274 e. The summed E-state index contributed by atoms with van der Waals surface area (Å²) < 4.78 is 41.9. The van der Waals surface area contributed by atoms with Crippen LogP contribution in [0, 0.1) is 17.5 Å². The maximum Gasteiger partial charge on any atom is 0.274 e. The van der Waals surface area contributed by atoms with Gasteiger partial charge in [0.2, 0.25) is 5.43 Å². The fourth-order valence-corrected chi connectivity index (χ4v) is 4.22. The number of carbonyl (C=O) groups excluding carboxylic acids is 2. The van der Waals surface area contributed by atoms with Crippen LogP contribution >= 0.6 is 0 Å². The van der Waals surface area contributed by atoms with E-state index in [0.717, 1.165) is 6.20 Å². The zero-order valence-corrected chi connectivity index (χ0v) is 16.9. The van der Waals surface area contributed by atoms with Gasteiger partial charge in [-0.3, -0.25) is 14.4 Å². The number of aliphatic hydroxyl groups is 1. The maximum atomic E-state index is 13.8. The normalized spacial score (nSPS) is 22.3. The van der Waals surface area contributed by atoms with Crippen molar-refractivity contribution in [3.63, 3.8) is 0 Å². The second-order valence-corrected chi connectivity index (χ2v) is 8.03. The summed E-state index contributed by atoms with van der Waals surface area (Å²) in [7, 11) is 0. The molecule has 11 heteroatoms. The molecule has 4 rings (SSSR count). The molecule has 8 nitrogen and oxygen atoms in total. The molecule has 2 aliphatic heterocycles. The number of carbonyl (C=O) groups is 2. The monoisotopic (exact) mass is 451 g/mol. The second-order valence-electron chi connectivity index (χ2n) is 8.03. The van der Waals surface area contributed by atoms with Gasteiger partial charge in [0.1, 0.15) is 23.0 Å². The van der Waals surface area contributed by atoms with E-state index in [-0.39, 0.29) is 18.3 Å². The van der Waals surface area contributed by atoms with Gasteiger partial charge in [-0.1, -0.05) is 0 Å². The number of nitrogens with one attached hydrogen (secondary N) is 1. The molecule has 2 amide bonds. The number of amides is 2. The predicted octanol–water partition coefficient (Wildman–Crippen LogP) is 1.44. The van der Waals surface area contributed by atoms with Crippen LogP contribution in [0.1, 0.15) is 52.2 Å². The van der Waals surface area contributed by atoms with Gasteiger partial charge in [0.05, 0.1) is 12.1 Å². The van der Waals surface area contributed by atoms with E-state index in [1.54, 1.807) is 6.92 Å². The first kappa shape index (κ1) is 21.9. The fourth-order valence-electron chi connectivity index (χ4n) is 4.22. The largest absolute Gasteiger partial charge is 0.503 e. The summed E-state index contributed by atoms with van der Waals surface area (Å²) in [6.45, 7) is 1.24. The Hall–Kier alpha value is -3.34. The highest BCUT2D eigenvalue weighted by atomic mass is 19.1. The van der Waals surface area contributed by atoms with Crippen LogP contribution in [0.5, 0.6) is 5.75 Å². The van der Waals surface area contributed by atoms with Gasteiger partial charge in [-0.15, -0.1) is 0 Å². The summed E-state index contributed by atoms with van der Waals surface area (Å²) in [6, 6.07) is -0.00190. The van der Waals surface area contributed by atoms with E-state index in [0.29, 0.717) is 25.0 Å². The molecule has 0 saturated carbocycles. The van der Waals surface area contributed by atoms with Crippen LogP contribution < -0.4 is 10.7 Å². The molecule has 2 aliphatic rings. The Morgan fingerprint density at radius 2 is 1.84 bits per heavy atom. The zero-order chi connectivity index (χ0) is 23.3. The van der Waals surface area contributed by atoms with E-state index in [4.69, 9.17) is 0 Å². The minimum atomic E-state index is -1.21. The van der Waals surface area contributed by atoms with Crippen LogP contribution in [0.2, 0.25) is 0 Å². The lowest BCUT2D eigenvalue weighted by Gasteiger charge is -2.38. The van der Waals surface area contributed by atoms with Crippen molar-refractivity contribution in [3.8, 4) is 5.75 Å².